The Labute approximate surface area is 150 Å². The van der Waals surface area contributed by atoms with Gasteiger partial charge in [-0.25, -0.2) is 8.42 Å². The van der Waals surface area contributed by atoms with Crippen LogP contribution in [0.4, 0.5) is 11.4 Å². The normalized spacial score (nSPS) is 11.2. The molecule has 2 aromatic carbocycles. The van der Waals surface area contributed by atoms with Crippen LogP contribution in [0.5, 0.6) is 0 Å². The highest BCUT2D eigenvalue weighted by Crippen LogP contribution is 2.23. The Morgan fingerprint density at radius 1 is 1.17 bits per heavy atom. The number of nitrogens with zero attached hydrogens (tertiary/aromatic N) is 1. The Morgan fingerprint density at radius 3 is 2.46 bits per heavy atom. The standard InChI is InChI=1S/C17H19BrN2O3S/c1-12-7-8-16(13(2)9-12)20(24(3,22)23)11-17(21)19-15-6-4-5-14(18)10-15/h4-10H,11H2,1-3H3,(H,19,21). The second kappa shape index (κ2) is 7.36. The lowest BCUT2D eigenvalue weighted by molar-refractivity contribution is -0.114. The number of amides is 1. The number of hydrogen-bond donors (Lipinski definition) is 1. The third-order valence-corrected chi connectivity index (χ3v) is 5.04. The second-order valence-corrected chi connectivity index (χ2v) is 8.44. The SMILES string of the molecule is Cc1ccc(N(CC(=O)Nc2cccc(Br)c2)S(C)(=O)=O)c(C)c1. The van der Waals surface area contributed by atoms with Gasteiger partial charge in [0.05, 0.1) is 11.9 Å². The predicted octanol–water partition coefficient (Wildman–Crippen LogP) is 3.47. The van der Waals surface area contributed by atoms with Crippen LogP contribution in [-0.2, 0) is 14.8 Å². The van der Waals surface area contributed by atoms with E-state index in [0.717, 1.165) is 26.2 Å². The number of hydrogen-bond acceptors (Lipinski definition) is 3. The first-order valence-corrected chi connectivity index (χ1v) is 9.91. The van der Waals surface area contributed by atoms with Crippen molar-refractivity contribution in [3.05, 3.63) is 58.1 Å². The fourth-order valence-corrected chi connectivity index (χ4v) is 3.68. The van der Waals surface area contributed by atoms with Gasteiger partial charge >= 0.3 is 0 Å². The Morgan fingerprint density at radius 2 is 1.88 bits per heavy atom. The first-order chi connectivity index (χ1) is 11.2. The number of carbonyl (C=O) groups is 1. The molecular formula is C17H19BrN2O3S. The smallest absolute Gasteiger partial charge is 0.245 e. The van der Waals surface area contributed by atoms with Crippen molar-refractivity contribution in [3.8, 4) is 0 Å². The summed E-state index contributed by atoms with van der Waals surface area (Å²) in [6.45, 7) is 3.48. The molecule has 7 heteroatoms. The highest BCUT2D eigenvalue weighted by molar-refractivity contribution is 9.10. The van der Waals surface area contributed by atoms with E-state index in [1.54, 1.807) is 24.3 Å². The molecular weight excluding hydrogens is 392 g/mol. The van der Waals surface area contributed by atoms with E-state index in [1.165, 1.54) is 0 Å². The maximum atomic E-state index is 12.3. The summed E-state index contributed by atoms with van der Waals surface area (Å²) in [5.74, 6) is -0.404. The van der Waals surface area contributed by atoms with Crippen LogP contribution in [-0.4, -0.2) is 27.1 Å². The zero-order chi connectivity index (χ0) is 17.9. The number of halogens is 1. The number of aryl methyl sites for hydroxylation is 2. The molecule has 0 aliphatic carbocycles. The monoisotopic (exact) mass is 410 g/mol. The Bertz CT molecular complexity index is 866. The minimum Gasteiger partial charge on any atom is -0.324 e. The summed E-state index contributed by atoms with van der Waals surface area (Å²) in [6.07, 6.45) is 1.10. The van der Waals surface area contributed by atoms with Gasteiger partial charge in [-0.05, 0) is 43.7 Å². The van der Waals surface area contributed by atoms with E-state index in [4.69, 9.17) is 0 Å². The summed E-state index contributed by atoms with van der Waals surface area (Å²) in [4.78, 5) is 12.3. The van der Waals surface area contributed by atoms with Crippen molar-refractivity contribution in [2.75, 3.05) is 22.4 Å². The number of nitrogens with one attached hydrogen (secondary N) is 1. The molecule has 2 rings (SSSR count). The van der Waals surface area contributed by atoms with Crippen molar-refractivity contribution in [2.45, 2.75) is 13.8 Å². The molecule has 0 fully saturated rings. The Hall–Kier alpha value is -1.86. The van der Waals surface area contributed by atoms with Crippen molar-refractivity contribution in [2.24, 2.45) is 0 Å². The summed E-state index contributed by atoms with van der Waals surface area (Å²) in [7, 11) is -3.59. The molecule has 0 aromatic heterocycles. The molecule has 0 aliphatic rings. The fraction of sp³-hybridized carbons (Fsp3) is 0.235. The van der Waals surface area contributed by atoms with Crippen molar-refractivity contribution in [1.82, 2.24) is 0 Å². The van der Waals surface area contributed by atoms with Crippen molar-refractivity contribution < 1.29 is 13.2 Å². The van der Waals surface area contributed by atoms with E-state index in [-0.39, 0.29) is 6.54 Å². The van der Waals surface area contributed by atoms with E-state index in [2.05, 4.69) is 21.2 Å². The zero-order valence-electron chi connectivity index (χ0n) is 13.7. The van der Waals surface area contributed by atoms with E-state index < -0.39 is 15.9 Å². The molecule has 2 aromatic rings. The van der Waals surface area contributed by atoms with Crippen LogP contribution in [0, 0.1) is 13.8 Å². The third kappa shape index (κ3) is 4.82. The molecule has 128 valence electrons. The minimum atomic E-state index is -3.59. The highest BCUT2D eigenvalue weighted by atomic mass is 79.9. The quantitative estimate of drug-likeness (QED) is 0.820. The Balaban J connectivity index is 2.25. The van der Waals surface area contributed by atoms with Crippen LogP contribution >= 0.6 is 15.9 Å². The summed E-state index contributed by atoms with van der Waals surface area (Å²) >= 11 is 3.33. The summed E-state index contributed by atoms with van der Waals surface area (Å²) in [5, 5.41) is 2.71. The molecule has 0 aliphatic heterocycles. The van der Waals surface area contributed by atoms with Gasteiger partial charge in [-0.15, -0.1) is 0 Å². The van der Waals surface area contributed by atoms with Gasteiger partial charge in [0.1, 0.15) is 6.54 Å². The molecule has 0 saturated carbocycles. The molecule has 0 atom stereocenters. The average Bonchev–Trinajstić information content (AvgIpc) is 2.44. The van der Waals surface area contributed by atoms with Gasteiger partial charge < -0.3 is 5.32 Å². The number of carbonyl (C=O) groups excluding carboxylic acids is 1. The molecule has 24 heavy (non-hydrogen) atoms. The van der Waals surface area contributed by atoms with Gasteiger partial charge in [0.15, 0.2) is 0 Å². The molecule has 5 nitrogen and oxygen atoms in total. The summed E-state index contributed by atoms with van der Waals surface area (Å²) < 4.78 is 26.2. The summed E-state index contributed by atoms with van der Waals surface area (Å²) in [5.41, 5.74) is 2.94. The molecule has 0 radical (unpaired) electrons. The van der Waals surface area contributed by atoms with Crippen LogP contribution in [0.3, 0.4) is 0 Å². The van der Waals surface area contributed by atoms with E-state index in [1.807, 2.05) is 32.0 Å². The van der Waals surface area contributed by atoms with E-state index in [0.29, 0.717) is 11.4 Å². The van der Waals surface area contributed by atoms with Crippen LogP contribution in [0.2, 0.25) is 0 Å². The maximum absolute atomic E-state index is 12.3. The molecule has 0 saturated heterocycles. The number of sulfonamides is 1. The molecule has 1 amide bonds. The van der Waals surface area contributed by atoms with Gasteiger partial charge in [0.2, 0.25) is 15.9 Å². The molecule has 0 bridgehead atoms. The van der Waals surface area contributed by atoms with Gasteiger partial charge in [0.25, 0.3) is 0 Å². The first kappa shape index (κ1) is 18.5. The largest absolute Gasteiger partial charge is 0.324 e. The third-order valence-electron chi connectivity index (χ3n) is 3.42. The first-order valence-electron chi connectivity index (χ1n) is 7.27. The minimum absolute atomic E-state index is 0.282. The molecule has 0 unspecified atom stereocenters. The fourth-order valence-electron chi connectivity index (χ4n) is 2.36. The van der Waals surface area contributed by atoms with E-state index in [9.17, 15) is 13.2 Å². The second-order valence-electron chi connectivity index (χ2n) is 5.62. The number of anilines is 2. The summed E-state index contributed by atoms with van der Waals surface area (Å²) in [6, 6.07) is 12.6. The van der Waals surface area contributed by atoms with Crippen molar-refractivity contribution >= 4 is 43.2 Å². The number of rotatable bonds is 5. The zero-order valence-corrected chi connectivity index (χ0v) is 16.1. The van der Waals surface area contributed by atoms with Gasteiger partial charge in [-0.1, -0.05) is 39.7 Å². The average molecular weight is 411 g/mol. The Kier molecular flexibility index (Phi) is 5.66. The van der Waals surface area contributed by atoms with Crippen LogP contribution in [0.15, 0.2) is 46.9 Å². The van der Waals surface area contributed by atoms with Crippen LogP contribution < -0.4 is 9.62 Å². The highest BCUT2D eigenvalue weighted by Gasteiger charge is 2.22. The van der Waals surface area contributed by atoms with E-state index >= 15 is 0 Å². The maximum Gasteiger partial charge on any atom is 0.245 e. The van der Waals surface area contributed by atoms with Crippen molar-refractivity contribution in [1.29, 1.82) is 0 Å². The van der Waals surface area contributed by atoms with Gasteiger partial charge in [-0.2, -0.15) is 0 Å². The van der Waals surface area contributed by atoms with Crippen LogP contribution in [0.25, 0.3) is 0 Å². The lowest BCUT2D eigenvalue weighted by atomic mass is 10.1. The van der Waals surface area contributed by atoms with Gasteiger partial charge in [-0.3, -0.25) is 9.10 Å². The number of benzene rings is 2. The molecule has 1 N–H and O–H groups in total. The van der Waals surface area contributed by atoms with Gasteiger partial charge in [0, 0.05) is 10.2 Å². The lowest BCUT2D eigenvalue weighted by Crippen LogP contribution is -2.37. The van der Waals surface area contributed by atoms with Crippen LogP contribution in [0.1, 0.15) is 11.1 Å². The topological polar surface area (TPSA) is 66.5 Å². The molecule has 0 spiro atoms. The lowest BCUT2D eigenvalue weighted by Gasteiger charge is -2.24. The van der Waals surface area contributed by atoms with Crippen molar-refractivity contribution in [3.63, 3.8) is 0 Å². The molecule has 0 heterocycles. The predicted molar refractivity (Wildman–Crippen MR) is 101 cm³/mol.